The number of hydrogen-bond acceptors (Lipinski definition) is 2. The van der Waals surface area contributed by atoms with E-state index in [-0.39, 0.29) is 0 Å². The molecule has 1 radical (unpaired) electrons. The summed E-state index contributed by atoms with van der Waals surface area (Å²) in [4.78, 5) is 5.46. The fourth-order valence-corrected chi connectivity index (χ4v) is 2.40. The summed E-state index contributed by atoms with van der Waals surface area (Å²) in [7, 11) is 0. The first-order chi connectivity index (χ1) is 6.95. The Morgan fingerprint density at radius 3 is 2.21 bits per heavy atom. The molecule has 0 aliphatic heterocycles. The third kappa shape index (κ3) is 3.00. The lowest BCUT2D eigenvalue weighted by Gasteiger charge is -2.19. The lowest BCUT2D eigenvalue weighted by atomic mass is 9.98. The quantitative estimate of drug-likeness (QED) is 0.498. The third-order valence-electron chi connectivity index (χ3n) is 3.34. The molecule has 2 saturated carbocycles. The zero-order valence-corrected chi connectivity index (χ0v) is 8.87. The largest absolute Gasteiger partial charge is 0.392 e. The van der Waals surface area contributed by atoms with Crippen molar-refractivity contribution in [1.29, 1.82) is 0 Å². The minimum Gasteiger partial charge on any atom is -0.392 e. The van der Waals surface area contributed by atoms with Crippen molar-refractivity contribution in [2.24, 2.45) is 11.1 Å². The Hall–Kier alpha value is -0.530. The van der Waals surface area contributed by atoms with Crippen molar-refractivity contribution in [1.82, 2.24) is 0 Å². The van der Waals surface area contributed by atoms with Gasteiger partial charge >= 0.3 is 0 Å². The molecule has 2 heteroatoms. The van der Waals surface area contributed by atoms with Crippen LogP contribution in [0.1, 0.15) is 57.8 Å². The minimum absolute atomic E-state index is 0.387. The first kappa shape index (κ1) is 10.0. The molecule has 0 atom stereocenters. The van der Waals surface area contributed by atoms with Gasteiger partial charge in [-0.15, -0.1) is 0 Å². The van der Waals surface area contributed by atoms with Crippen molar-refractivity contribution in [2.45, 2.75) is 63.9 Å². The topological polar surface area (TPSA) is 21.6 Å². The lowest BCUT2D eigenvalue weighted by molar-refractivity contribution is 0.0331. The van der Waals surface area contributed by atoms with Gasteiger partial charge in [-0.3, -0.25) is 0 Å². The highest BCUT2D eigenvalue weighted by Gasteiger charge is 2.16. The van der Waals surface area contributed by atoms with Gasteiger partial charge in [-0.05, 0) is 38.5 Å². The summed E-state index contributed by atoms with van der Waals surface area (Å²) in [6.45, 7) is 0. The van der Waals surface area contributed by atoms with Crippen molar-refractivity contribution in [3.63, 3.8) is 0 Å². The van der Waals surface area contributed by atoms with Crippen LogP contribution < -0.4 is 0 Å². The fraction of sp³-hybridized carbons (Fsp3) is 0.917. The van der Waals surface area contributed by atoms with E-state index in [1.807, 2.05) is 0 Å². The van der Waals surface area contributed by atoms with Crippen LogP contribution in [0.2, 0.25) is 0 Å². The van der Waals surface area contributed by atoms with Crippen molar-refractivity contribution in [3.8, 4) is 0 Å². The molecule has 2 aliphatic rings. The highest BCUT2D eigenvalue weighted by molar-refractivity contribution is 5.60. The molecule has 0 aromatic rings. The van der Waals surface area contributed by atoms with Crippen LogP contribution in [0.15, 0.2) is 5.16 Å². The number of rotatable bonds is 3. The summed E-state index contributed by atoms with van der Waals surface area (Å²) >= 11 is 0. The fourth-order valence-electron chi connectivity index (χ4n) is 2.40. The average Bonchev–Trinajstić information content (AvgIpc) is 2.72. The second kappa shape index (κ2) is 5.38. The molecule has 14 heavy (non-hydrogen) atoms. The maximum Gasteiger partial charge on any atom is 0.127 e. The highest BCUT2D eigenvalue weighted by atomic mass is 16.6. The van der Waals surface area contributed by atoms with Gasteiger partial charge in [0, 0.05) is 5.92 Å². The molecular weight excluding hydrogens is 174 g/mol. The predicted octanol–water partition coefficient (Wildman–Crippen LogP) is 3.39. The van der Waals surface area contributed by atoms with Gasteiger partial charge in [0.05, 0.1) is 0 Å². The van der Waals surface area contributed by atoms with Crippen LogP contribution in [0.3, 0.4) is 0 Å². The third-order valence-corrected chi connectivity index (χ3v) is 3.34. The van der Waals surface area contributed by atoms with Crippen molar-refractivity contribution in [2.75, 3.05) is 0 Å². The molecule has 0 unspecified atom stereocenters. The van der Waals surface area contributed by atoms with Gasteiger partial charge in [0.25, 0.3) is 0 Å². The molecule has 0 aromatic heterocycles. The van der Waals surface area contributed by atoms with Gasteiger partial charge in [0.1, 0.15) is 12.3 Å². The molecule has 0 saturated heterocycles. The molecule has 0 bridgehead atoms. The Bertz CT molecular complexity index is 179. The van der Waals surface area contributed by atoms with E-state index >= 15 is 0 Å². The molecule has 0 spiro atoms. The molecule has 2 rings (SSSR count). The lowest BCUT2D eigenvalue weighted by Crippen LogP contribution is -2.14. The second-order valence-electron chi connectivity index (χ2n) is 4.57. The van der Waals surface area contributed by atoms with E-state index < -0.39 is 0 Å². The molecule has 2 nitrogen and oxygen atoms in total. The maximum atomic E-state index is 5.46. The average molecular weight is 194 g/mol. The Morgan fingerprint density at radius 2 is 1.50 bits per heavy atom. The van der Waals surface area contributed by atoms with Crippen LogP contribution in [0, 0.1) is 5.92 Å². The minimum atomic E-state index is 0.387. The molecule has 2 fully saturated rings. The molecule has 79 valence electrons. The molecule has 0 aromatic carbocycles. The van der Waals surface area contributed by atoms with Crippen molar-refractivity contribution < 1.29 is 4.84 Å². The normalized spacial score (nSPS) is 26.0. The molecule has 0 heterocycles. The molecule has 2 aliphatic carbocycles. The number of hydrogen-bond donors (Lipinski definition) is 0. The zero-order chi connectivity index (χ0) is 9.64. The summed E-state index contributed by atoms with van der Waals surface area (Å²) < 4.78 is 0. The monoisotopic (exact) mass is 194 g/mol. The van der Waals surface area contributed by atoms with E-state index in [2.05, 4.69) is 11.4 Å². The van der Waals surface area contributed by atoms with Crippen molar-refractivity contribution in [3.05, 3.63) is 0 Å². The van der Waals surface area contributed by atoms with Crippen LogP contribution in [-0.4, -0.2) is 12.3 Å². The zero-order valence-electron chi connectivity index (χ0n) is 8.87. The van der Waals surface area contributed by atoms with Crippen LogP contribution in [0.5, 0.6) is 0 Å². The number of nitrogens with zero attached hydrogens (tertiary/aromatic N) is 1. The summed E-state index contributed by atoms with van der Waals surface area (Å²) in [5.74, 6) is 0.582. The van der Waals surface area contributed by atoms with E-state index in [1.165, 1.54) is 57.8 Å². The molecule has 0 amide bonds. The van der Waals surface area contributed by atoms with E-state index in [9.17, 15) is 0 Å². The molecule has 0 N–H and O–H groups in total. The first-order valence-corrected chi connectivity index (χ1v) is 6.06. The van der Waals surface area contributed by atoms with E-state index in [4.69, 9.17) is 4.84 Å². The summed E-state index contributed by atoms with van der Waals surface area (Å²) in [5.41, 5.74) is 0. The van der Waals surface area contributed by atoms with Gasteiger partial charge in [-0.25, -0.2) is 0 Å². The maximum absolute atomic E-state index is 5.46. The molecular formula is C12H20NO. The van der Waals surface area contributed by atoms with Gasteiger partial charge < -0.3 is 4.84 Å². The standard InChI is InChI=1S/C12H20NO/c1-2-8-12(9-3-1)14-13-10-11-6-4-5-7-11/h11-12H,1-9H2. The van der Waals surface area contributed by atoms with Crippen molar-refractivity contribution >= 4 is 6.21 Å². The highest BCUT2D eigenvalue weighted by Crippen LogP contribution is 2.24. The van der Waals surface area contributed by atoms with Gasteiger partial charge in [0.2, 0.25) is 0 Å². The SMILES string of the molecule is [C](=N\OC1CCCCC1)/C1CCCC1. The Kier molecular flexibility index (Phi) is 3.84. The van der Waals surface area contributed by atoms with Gasteiger partial charge in [0.15, 0.2) is 0 Å². The smallest absolute Gasteiger partial charge is 0.127 e. The van der Waals surface area contributed by atoms with E-state index in [1.54, 1.807) is 0 Å². The van der Waals surface area contributed by atoms with E-state index in [0.29, 0.717) is 12.0 Å². The Labute approximate surface area is 86.7 Å². The van der Waals surface area contributed by atoms with Crippen LogP contribution in [-0.2, 0) is 4.84 Å². The van der Waals surface area contributed by atoms with E-state index in [0.717, 1.165) is 0 Å². The Morgan fingerprint density at radius 1 is 0.857 bits per heavy atom. The van der Waals surface area contributed by atoms with Crippen LogP contribution >= 0.6 is 0 Å². The van der Waals surface area contributed by atoms with Crippen LogP contribution in [0.4, 0.5) is 0 Å². The Balaban J connectivity index is 1.64. The van der Waals surface area contributed by atoms with Gasteiger partial charge in [-0.2, -0.15) is 0 Å². The predicted molar refractivity (Wildman–Crippen MR) is 57.4 cm³/mol. The second-order valence-corrected chi connectivity index (χ2v) is 4.57. The van der Waals surface area contributed by atoms with Crippen LogP contribution in [0.25, 0.3) is 0 Å². The summed E-state index contributed by atoms with van der Waals surface area (Å²) in [6, 6.07) is 0. The summed E-state index contributed by atoms with van der Waals surface area (Å²) in [5, 5.41) is 4.03. The summed E-state index contributed by atoms with van der Waals surface area (Å²) in [6.07, 6.45) is 15.1. The first-order valence-electron chi connectivity index (χ1n) is 6.06. The van der Waals surface area contributed by atoms with Gasteiger partial charge in [-0.1, -0.05) is 24.4 Å².